The Bertz CT molecular complexity index is 1140. The molecule has 0 bridgehead atoms. The minimum atomic E-state index is -0.672. The summed E-state index contributed by atoms with van der Waals surface area (Å²) in [7, 11) is 0. The van der Waals surface area contributed by atoms with Crippen molar-refractivity contribution in [2.75, 3.05) is 24.5 Å². The van der Waals surface area contributed by atoms with Crippen LogP contribution in [0.5, 0.6) is 11.5 Å². The lowest BCUT2D eigenvalue weighted by atomic mass is 9.75. The van der Waals surface area contributed by atoms with E-state index in [0.29, 0.717) is 6.54 Å². The van der Waals surface area contributed by atoms with Crippen molar-refractivity contribution in [3.05, 3.63) is 89.0 Å². The predicted molar refractivity (Wildman–Crippen MR) is 120 cm³/mol. The summed E-state index contributed by atoms with van der Waals surface area (Å²) in [6.45, 7) is 8.84. The van der Waals surface area contributed by atoms with E-state index >= 15 is 0 Å². The Kier molecular flexibility index (Phi) is 4.31. The van der Waals surface area contributed by atoms with Gasteiger partial charge in [0.15, 0.2) is 0 Å². The molecule has 2 heterocycles. The van der Waals surface area contributed by atoms with E-state index < -0.39 is 5.54 Å². The highest BCUT2D eigenvalue weighted by atomic mass is 16.5. The summed E-state index contributed by atoms with van der Waals surface area (Å²) in [5.41, 5.74) is 4.31. The van der Waals surface area contributed by atoms with Crippen LogP contribution in [0.15, 0.2) is 66.7 Å². The number of fused-ring (bicyclic) bond motifs is 6. The highest BCUT2D eigenvalue weighted by molar-refractivity contribution is 6.02. The van der Waals surface area contributed by atoms with Crippen LogP contribution < -0.4 is 9.64 Å². The second kappa shape index (κ2) is 6.91. The zero-order valence-electron chi connectivity index (χ0n) is 17.7. The molecule has 2 aliphatic heterocycles. The molecular weight excluding hydrogens is 372 g/mol. The van der Waals surface area contributed by atoms with Crippen molar-refractivity contribution < 1.29 is 9.53 Å². The van der Waals surface area contributed by atoms with Gasteiger partial charge in [0.2, 0.25) is 0 Å². The SMILES string of the molecule is CCN(CC)c1ccc2c(c1)Oc1ccccc1C21c2ccccc2C(=O)N1CC. The molecule has 1 spiro atoms. The molecule has 0 aromatic heterocycles. The highest BCUT2D eigenvalue weighted by Gasteiger charge is 2.55. The van der Waals surface area contributed by atoms with E-state index in [1.165, 1.54) is 0 Å². The van der Waals surface area contributed by atoms with Gasteiger partial charge in [0.05, 0.1) is 0 Å². The van der Waals surface area contributed by atoms with Crippen LogP contribution in [-0.2, 0) is 5.54 Å². The summed E-state index contributed by atoms with van der Waals surface area (Å²) in [6.07, 6.45) is 0. The summed E-state index contributed by atoms with van der Waals surface area (Å²) in [5, 5.41) is 0. The van der Waals surface area contributed by atoms with Gasteiger partial charge in [-0.2, -0.15) is 0 Å². The van der Waals surface area contributed by atoms with Gasteiger partial charge in [-0.05, 0) is 44.5 Å². The Morgan fingerprint density at radius 2 is 1.50 bits per heavy atom. The Balaban J connectivity index is 1.85. The van der Waals surface area contributed by atoms with Gasteiger partial charge in [-0.1, -0.05) is 42.5 Å². The molecule has 4 nitrogen and oxygen atoms in total. The Hall–Kier alpha value is -3.27. The van der Waals surface area contributed by atoms with E-state index in [1.54, 1.807) is 0 Å². The van der Waals surface area contributed by atoms with Crippen molar-refractivity contribution in [1.29, 1.82) is 0 Å². The first kappa shape index (κ1) is 18.7. The van der Waals surface area contributed by atoms with Gasteiger partial charge in [0.1, 0.15) is 17.0 Å². The molecule has 2 aliphatic rings. The fourth-order valence-electron chi connectivity index (χ4n) is 5.19. The van der Waals surface area contributed by atoms with Gasteiger partial charge in [0.25, 0.3) is 5.91 Å². The number of hydrogen-bond donors (Lipinski definition) is 0. The molecule has 0 aliphatic carbocycles. The maximum absolute atomic E-state index is 13.5. The van der Waals surface area contributed by atoms with Crippen LogP contribution in [-0.4, -0.2) is 30.4 Å². The van der Waals surface area contributed by atoms with E-state index in [-0.39, 0.29) is 5.91 Å². The van der Waals surface area contributed by atoms with E-state index in [0.717, 1.165) is 52.5 Å². The summed E-state index contributed by atoms with van der Waals surface area (Å²) in [4.78, 5) is 17.8. The molecule has 152 valence electrons. The molecule has 1 amide bonds. The van der Waals surface area contributed by atoms with Crippen LogP contribution in [0.2, 0.25) is 0 Å². The number of para-hydroxylation sites is 1. The lowest BCUT2D eigenvalue weighted by Gasteiger charge is -2.44. The average Bonchev–Trinajstić information content (AvgIpc) is 3.03. The molecule has 3 aromatic rings. The molecule has 0 radical (unpaired) electrons. The maximum Gasteiger partial charge on any atom is 0.255 e. The normalized spacial score (nSPS) is 18.6. The topological polar surface area (TPSA) is 32.8 Å². The molecule has 3 aromatic carbocycles. The zero-order chi connectivity index (χ0) is 20.9. The van der Waals surface area contributed by atoms with E-state index in [9.17, 15) is 4.79 Å². The molecule has 4 heteroatoms. The van der Waals surface area contributed by atoms with Crippen molar-refractivity contribution >= 4 is 11.6 Å². The van der Waals surface area contributed by atoms with E-state index in [4.69, 9.17) is 4.74 Å². The number of anilines is 1. The quantitative estimate of drug-likeness (QED) is 0.589. The monoisotopic (exact) mass is 398 g/mol. The minimum Gasteiger partial charge on any atom is -0.456 e. The second-order valence-corrected chi connectivity index (χ2v) is 7.76. The first-order valence-electron chi connectivity index (χ1n) is 10.7. The fraction of sp³-hybridized carbons (Fsp3) is 0.269. The molecule has 0 saturated carbocycles. The fourth-order valence-corrected chi connectivity index (χ4v) is 5.19. The lowest BCUT2D eigenvalue weighted by molar-refractivity contribution is 0.0679. The average molecular weight is 399 g/mol. The number of amides is 1. The smallest absolute Gasteiger partial charge is 0.255 e. The predicted octanol–water partition coefficient (Wildman–Crippen LogP) is 5.41. The second-order valence-electron chi connectivity index (χ2n) is 7.76. The number of ether oxygens (including phenoxy) is 1. The van der Waals surface area contributed by atoms with Crippen molar-refractivity contribution in [2.45, 2.75) is 26.3 Å². The molecule has 0 N–H and O–H groups in total. The number of hydrogen-bond acceptors (Lipinski definition) is 3. The number of carbonyl (C=O) groups excluding carboxylic acids is 1. The van der Waals surface area contributed by atoms with Crippen molar-refractivity contribution in [2.24, 2.45) is 0 Å². The van der Waals surface area contributed by atoms with Gasteiger partial charge in [0, 0.05) is 48.1 Å². The Morgan fingerprint density at radius 1 is 0.833 bits per heavy atom. The number of rotatable bonds is 4. The number of benzene rings is 3. The van der Waals surface area contributed by atoms with Crippen molar-refractivity contribution in [3.8, 4) is 11.5 Å². The van der Waals surface area contributed by atoms with Gasteiger partial charge in [-0.25, -0.2) is 0 Å². The summed E-state index contributed by atoms with van der Waals surface area (Å²) in [6, 6.07) is 22.5. The molecule has 0 fully saturated rings. The van der Waals surface area contributed by atoms with Crippen LogP contribution in [0.1, 0.15) is 47.8 Å². The van der Waals surface area contributed by atoms with Crippen LogP contribution in [0.4, 0.5) is 5.69 Å². The third kappa shape index (κ3) is 2.30. The van der Waals surface area contributed by atoms with Crippen LogP contribution in [0, 0.1) is 0 Å². The summed E-state index contributed by atoms with van der Waals surface area (Å²) in [5.74, 6) is 1.70. The van der Waals surface area contributed by atoms with Crippen LogP contribution in [0.3, 0.4) is 0 Å². The molecule has 1 unspecified atom stereocenters. The molecule has 30 heavy (non-hydrogen) atoms. The largest absolute Gasteiger partial charge is 0.456 e. The van der Waals surface area contributed by atoms with Crippen molar-refractivity contribution in [3.63, 3.8) is 0 Å². The van der Waals surface area contributed by atoms with Gasteiger partial charge >= 0.3 is 0 Å². The summed E-state index contributed by atoms with van der Waals surface area (Å²) < 4.78 is 6.42. The standard InChI is InChI=1S/C26H26N2O2/c1-4-27(5-2)18-15-16-22-24(17-18)30-23-14-10-9-13-21(23)26(22)20-12-8-7-11-19(20)25(29)28(26)6-3/h7-17H,4-6H2,1-3H3. The lowest BCUT2D eigenvalue weighted by Crippen LogP contribution is -2.47. The maximum atomic E-state index is 13.5. The Morgan fingerprint density at radius 3 is 2.23 bits per heavy atom. The molecule has 0 saturated heterocycles. The molecular formula is C26H26N2O2. The zero-order valence-corrected chi connectivity index (χ0v) is 17.7. The van der Waals surface area contributed by atoms with E-state index in [1.807, 2.05) is 48.2 Å². The van der Waals surface area contributed by atoms with Crippen LogP contribution in [0.25, 0.3) is 0 Å². The van der Waals surface area contributed by atoms with Crippen LogP contribution >= 0.6 is 0 Å². The molecule has 1 atom stereocenters. The summed E-state index contributed by atoms with van der Waals surface area (Å²) >= 11 is 0. The minimum absolute atomic E-state index is 0.0728. The number of carbonyl (C=O) groups is 1. The van der Waals surface area contributed by atoms with Gasteiger partial charge < -0.3 is 14.5 Å². The third-order valence-corrected chi connectivity index (χ3v) is 6.49. The Labute approximate surface area is 177 Å². The van der Waals surface area contributed by atoms with E-state index in [2.05, 4.69) is 49.1 Å². The molecule has 5 rings (SSSR count). The highest BCUT2D eigenvalue weighted by Crippen LogP contribution is 2.57. The van der Waals surface area contributed by atoms with Gasteiger partial charge in [-0.15, -0.1) is 0 Å². The third-order valence-electron chi connectivity index (χ3n) is 6.49. The van der Waals surface area contributed by atoms with Crippen molar-refractivity contribution in [1.82, 2.24) is 4.90 Å². The van der Waals surface area contributed by atoms with Gasteiger partial charge in [-0.3, -0.25) is 4.79 Å². The number of nitrogens with zero attached hydrogens (tertiary/aromatic N) is 2. The first-order chi connectivity index (χ1) is 14.7. The first-order valence-corrected chi connectivity index (χ1v) is 10.7.